The van der Waals surface area contributed by atoms with Crippen LogP contribution >= 0.6 is 0 Å². The van der Waals surface area contributed by atoms with Crippen molar-refractivity contribution in [2.45, 2.75) is 11.8 Å². The first-order valence-corrected chi connectivity index (χ1v) is 11.4. The first-order valence-electron chi connectivity index (χ1n) is 9.94. The Balaban J connectivity index is 1.44. The van der Waals surface area contributed by atoms with Gasteiger partial charge in [0.2, 0.25) is 0 Å². The summed E-state index contributed by atoms with van der Waals surface area (Å²) in [7, 11) is -3.84. The number of hydrogen-bond acceptors (Lipinski definition) is 6. The maximum Gasteiger partial charge on any atom is 0.265 e. The molecule has 1 aliphatic rings. The highest BCUT2D eigenvalue weighted by atomic mass is 32.2. The van der Waals surface area contributed by atoms with Crippen molar-refractivity contribution in [3.63, 3.8) is 0 Å². The molecule has 0 saturated carbocycles. The molecule has 8 nitrogen and oxygen atoms in total. The van der Waals surface area contributed by atoms with Crippen LogP contribution in [0.25, 0.3) is 16.6 Å². The summed E-state index contributed by atoms with van der Waals surface area (Å²) in [5.41, 5.74) is 1.41. The number of hydrogen-bond donors (Lipinski definition) is 1. The van der Waals surface area contributed by atoms with Gasteiger partial charge in [0.05, 0.1) is 21.5 Å². The molecule has 5 rings (SSSR count). The Labute approximate surface area is 184 Å². The van der Waals surface area contributed by atoms with Crippen molar-refractivity contribution in [1.29, 1.82) is 0 Å². The third kappa shape index (κ3) is 3.56. The molecule has 1 aromatic heterocycles. The topological polar surface area (TPSA) is 99.5 Å². The second-order valence-electron chi connectivity index (χ2n) is 7.27. The number of ether oxygens (including phenoxy) is 2. The van der Waals surface area contributed by atoms with E-state index in [2.05, 4.69) is 9.71 Å². The molecule has 2 heterocycles. The highest BCUT2D eigenvalue weighted by molar-refractivity contribution is 7.92. The Morgan fingerprint density at radius 3 is 2.44 bits per heavy atom. The van der Waals surface area contributed by atoms with E-state index < -0.39 is 10.0 Å². The minimum Gasteiger partial charge on any atom is -0.486 e. The lowest BCUT2D eigenvalue weighted by molar-refractivity contribution is 0.171. The summed E-state index contributed by atoms with van der Waals surface area (Å²) in [4.78, 5) is 17.5. The van der Waals surface area contributed by atoms with Crippen LogP contribution in [0.15, 0.2) is 76.4 Å². The van der Waals surface area contributed by atoms with Crippen LogP contribution in [0, 0.1) is 6.92 Å². The molecular formula is C23H19N3O5S. The molecule has 1 N–H and O–H groups in total. The predicted molar refractivity (Wildman–Crippen MR) is 120 cm³/mol. The summed E-state index contributed by atoms with van der Waals surface area (Å²) in [6.07, 6.45) is 0. The van der Waals surface area contributed by atoms with Gasteiger partial charge in [-0.05, 0) is 55.5 Å². The van der Waals surface area contributed by atoms with E-state index in [1.165, 1.54) is 16.7 Å². The van der Waals surface area contributed by atoms with Gasteiger partial charge in [-0.25, -0.2) is 13.4 Å². The molecule has 0 unspecified atom stereocenters. The van der Waals surface area contributed by atoms with Crippen molar-refractivity contribution >= 4 is 26.6 Å². The number of sulfonamides is 1. The fourth-order valence-corrected chi connectivity index (χ4v) is 4.70. The van der Waals surface area contributed by atoms with Crippen molar-refractivity contribution < 1.29 is 17.9 Å². The molecule has 0 amide bonds. The Morgan fingerprint density at radius 2 is 1.66 bits per heavy atom. The molecule has 0 aliphatic carbocycles. The minimum atomic E-state index is -3.84. The van der Waals surface area contributed by atoms with Crippen LogP contribution in [0.4, 0.5) is 5.69 Å². The quantitative estimate of drug-likeness (QED) is 0.513. The van der Waals surface area contributed by atoms with Gasteiger partial charge in [0.25, 0.3) is 15.6 Å². The van der Waals surface area contributed by atoms with Gasteiger partial charge < -0.3 is 9.47 Å². The summed E-state index contributed by atoms with van der Waals surface area (Å²) in [6, 6.07) is 18.2. The monoisotopic (exact) mass is 449 g/mol. The fraction of sp³-hybridized carbons (Fsp3) is 0.130. The van der Waals surface area contributed by atoms with Crippen molar-refractivity contribution in [3.8, 4) is 17.2 Å². The largest absolute Gasteiger partial charge is 0.486 e. The maximum absolute atomic E-state index is 13.0. The number of nitrogens with zero attached hydrogens (tertiary/aromatic N) is 2. The minimum absolute atomic E-state index is 0.0663. The highest BCUT2D eigenvalue weighted by Crippen LogP contribution is 2.32. The summed E-state index contributed by atoms with van der Waals surface area (Å²) in [5, 5.41) is 0.515. The second kappa shape index (κ2) is 7.69. The van der Waals surface area contributed by atoms with Crippen LogP contribution in [0.2, 0.25) is 0 Å². The molecule has 9 heteroatoms. The number of benzene rings is 3. The number of nitrogens with one attached hydrogen (secondary N) is 1. The molecule has 0 spiro atoms. The summed E-state index contributed by atoms with van der Waals surface area (Å²) in [5.74, 6) is 1.45. The normalized spacial score (nSPS) is 13.2. The van der Waals surface area contributed by atoms with E-state index in [-0.39, 0.29) is 10.5 Å². The maximum atomic E-state index is 13.0. The van der Waals surface area contributed by atoms with E-state index in [1.807, 2.05) is 6.07 Å². The van der Waals surface area contributed by atoms with Crippen molar-refractivity contribution in [2.24, 2.45) is 0 Å². The molecular weight excluding hydrogens is 430 g/mol. The van der Waals surface area contributed by atoms with Crippen LogP contribution < -0.4 is 19.8 Å². The summed E-state index contributed by atoms with van der Waals surface area (Å²) >= 11 is 0. The fourth-order valence-electron chi connectivity index (χ4n) is 3.63. The summed E-state index contributed by atoms with van der Waals surface area (Å²) < 4.78 is 40.6. The molecule has 32 heavy (non-hydrogen) atoms. The van der Waals surface area contributed by atoms with Crippen molar-refractivity contribution in [1.82, 2.24) is 9.55 Å². The molecule has 4 aromatic rings. The van der Waals surface area contributed by atoms with Crippen LogP contribution in [0.1, 0.15) is 5.82 Å². The second-order valence-corrected chi connectivity index (χ2v) is 8.96. The molecule has 0 fully saturated rings. The molecule has 0 saturated heterocycles. The van der Waals surface area contributed by atoms with Gasteiger partial charge in [-0.3, -0.25) is 14.1 Å². The van der Waals surface area contributed by atoms with E-state index in [4.69, 9.17) is 9.47 Å². The number of fused-ring (bicyclic) bond motifs is 2. The zero-order valence-corrected chi connectivity index (χ0v) is 17.9. The van der Waals surface area contributed by atoms with Gasteiger partial charge in [-0.15, -0.1) is 0 Å². The van der Waals surface area contributed by atoms with Gasteiger partial charge in [-0.2, -0.15) is 0 Å². The number of para-hydroxylation sites is 1. The zero-order chi connectivity index (χ0) is 22.3. The molecule has 3 aromatic carbocycles. The van der Waals surface area contributed by atoms with Gasteiger partial charge in [0, 0.05) is 11.8 Å². The Kier molecular flexibility index (Phi) is 4.82. The van der Waals surface area contributed by atoms with Crippen LogP contribution in [-0.4, -0.2) is 31.2 Å². The zero-order valence-electron chi connectivity index (χ0n) is 17.1. The molecule has 1 aliphatic heterocycles. The first kappa shape index (κ1) is 20.1. The van der Waals surface area contributed by atoms with E-state index in [9.17, 15) is 13.2 Å². The average Bonchev–Trinajstić information content (AvgIpc) is 2.79. The third-order valence-electron chi connectivity index (χ3n) is 5.15. The van der Waals surface area contributed by atoms with E-state index in [0.717, 1.165) is 0 Å². The van der Waals surface area contributed by atoms with Crippen molar-refractivity contribution in [3.05, 3.63) is 82.9 Å². The molecule has 162 valence electrons. The Bertz CT molecular complexity index is 1490. The molecule has 0 radical (unpaired) electrons. The Morgan fingerprint density at radius 1 is 0.938 bits per heavy atom. The van der Waals surface area contributed by atoms with Crippen LogP contribution in [-0.2, 0) is 10.0 Å². The van der Waals surface area contributed by atoms with Gasteiger partial charge >= 0.3 is 0 Å². The Hall–Kier alpha value is -3.85. The molecule has 0 atom stereocenters. The molecule has 0 bridgehead atoms. The van der Waals surface area contributed by atoms with Gasteiger partial charge in [0.15, 0.2) is 11.5 Å². The lowest BCUT2D eigenvalue weighted by Crippen LogP contribution is -2.22. The lowest BCUT2D eigenvalue weighted by atomic mass is 10.2. The number of anilines is 1. The number of aryl methyl sites for hydroxylation is 1. The average molecular weight is 449 g/mol. The van der Waals surface area contributed by atoms with Crippen LogP contribution in [0.3, 0.4) is 0 Å². The van der Waals surface area contributed by atoms with E-state index >= 15 is 0 Å². The SMILES string of the molecule is Cc1nc2ccccc2c(=O)n1-c1ccc(NS(=O)(=O)c2ccc3c(c2)OCCO3)cc1. The smallest absolute Gasteiger partial charge is 0.265 e. The first-order chi connectivity index (χ1) is 15.4. The van der Waals surface area contributed by atoms with E-state index in [1.54, 1.807) is 55.5 Å². The third-order valence-corrected chi connectivity index (χ3v) is 6.52. The predicted octanol–water partition coefficient (Wildman–Crippen LogP) is 3.27. The van der Waals surface area contributed by atoms with Crippen molar-refractivity contribution in [2.75, 3.05) is 17.9 Å². The van der Waals surface area contributed by atoms with E-state index in [0.29, 0.717) is 52.8 Å². The highest BCUT2D eigenvalue weighted by Gasteiger charge is 2.19. The number of rotatable bonds is 4. The van der Waals surface area contributed by atoms with Gasteiger partial charge in [0.1, 0.15) is 19.0 Å². The lowest BCUT2D eigenvalue weighted by Gasteiger charge is -2.19. The van der Waals surface area contributed by atoms with Crippen LogP contribution in [0.5, 0.6) is 11.5 Å². The number of aromatic nitrogens is 2. The summed E-state index contributed by atoms with van der Waals surface area (Å²) in [6.45, 7) is 2.55. The van der Waals surface area contributed by atoms with Gasteiger partial charge in [-0.1, -0.05) is 12.1 Å². The standard InChI is InChI=1S/C23H19N3O5S/c1-15-24-20-5-3-2-4-19(20)23(27)26(15)17-8-6-16(7-9-17)25-32(28,29)18-10-11-21-22(14-18)31-13-12-30-21/h2-11,14,25H,12-13H2,1H3.